The Labute approximate surface area is 113 Å². The minimum absolute atomic E-state index is 0.0110. The molecule has 0 N–H and O–H groups in total. The van der Waals surface area contributed by atoms with Crippen molar-refractivity contribution < 1.29 is 4.48 Å². The zero-order valence-electron chi connectivity index (χ0n) is 12.0. The molecule has 102 valence electrons. The van der Waals surface area contributed by atoms with Crippen LogP contribution < -0.4 is 5.56 Å². The van der Waals surface area contributed by atoms with Crippen LogP contribution in [0.4, 0.5) is 0 Å². The third-order valence-electron chi connectivity index (χ3n) is 4.14. The smallest absolute Gasteiger partial charge is 0.274 e. The van der Waals surface area contributed by atoms with Crippen molar-refractivity contribution in [3.63, 3.8) is 0 Å². The highest BCUT2D eigenvalue weighted by atomic mass is 16.1. The van der Waals surface area contributed by atoms with Gasteiger partial charge in [0.05, 0.1) is 44.8 Å². The van der Waals surface area contributed by atoms with E-state index in [1.807, 2.05) is 24.3 Å². The van der Waals surface area contributed by atoms with Gasteiger partial charge in [-0.15, -0.1) is 0 Å². The van der Waals surface area contributed by atoms with Crippen LogP contribution in [0.15, 0.2) is 35.3 Å². The highest BCUT2D eigenvalue weighted by Crippen LogP contribution is 2.07. The van der Waals surface area contributed by atoms with Crippen molar-refractivity contribution in [3.05, 3.63) is 40.8 Å². The number of hydrogen-bond donors (Lipinski definition) is 0. The summed E-state index contributed by atoms with van der Waals surface area (Å²) in [5.41, 5.74) is 0.0110. The molecular formula is C15H22N3O+. The summed E-state index contributed by atoms with van der Waals surface area (Å²) in [6.07, 6.45) is 1.78. The maximum Gasteiger partial charge on any atom is 0.274 e. The van der Waals surface area contributed by atoms with Crippen LogP contribution in [-0.4, -0.2) is 40.9 Å². The number of aromatic nitrogens is 2. The summed E-state index contributed by atoms with van der Waals surface area (Å²) in [7, 11) is 2.21. The fourth-order valence-electron chi connectivity index (χ4n) is 2.16. The Bertz CT molecular complexity index is 614. The van der Waals surface area contributed by atoms with Gasteiger partial charge < -0.3 is 4.48 Å². The molecule has 0 fully saturated rings. The summed E-state index contributed by atoms with van der Waals surface area (Å²) in [6, 6.07) is 7.61. The molecule has 4 nitrogen and oxygen atoms in total. The van der Waals surface area contributed by atoms with Crippen molar-refractivity contribution >= 4 is 10.8 Å². The van der Waals surface area contributed by atoms with E-state index >= 15 is 0 Å². The fraction of sp³-hybridized carbons (Fsp3) is 0.467. The number of fused-ring (bicyclic) bond motifs is 1. The lowest BCUT2D eigenvalue weighted by Crippen LogP contribution is -2.46. The van der Waals surface area contributed by atoms with Gasteiger partial charge in [-0.05, 0) is 19.9 Å². The van der Waals surface area contributed by atoms with Crippen molar-refractivity contribution in [2.45, 2.75) is 20.4 Å². The largest absolute Gasteiger partial charge is 0.325 e. The van der Waals surface area contributed by atoms with Gasteiger partial charge in [0.15, 0.2) is 0 Å². The average molecular weight is 260 g/mol. The van der Waals surface area contributed by atoms with E-state index in [9.17, 15) is 4.79 Å². The van der Waals surface area contributed by atoms with Gasteiger partial charge in [-0.3, -0.25) is 4.79 Å². The molecule has 0 bridgehead atoms. The normalized spacial score (nSPS) is 11.9. The first-order valence-corrected chi connectivity index (χ1v) is 6.88. The van der Waals surface area contributed by atoms with Gasteiger partial charge in [0, 0.05) is 5.39 Å². The summed E-state index contributed by atoms with van der Waals surface area (Å²) in [4.78, 5) is 12.3. The van der Waals surface area contributed by atoms with Crippen molar-refractivity contribution in [1.29, 1.82) is 0 Å². The molecule has 1 aromatic heterocycles. The standard InChI is InChI=1S/C15H22N3O/c1-4-18(3,5-2)11-10-17-15(19)14-9-7-6-8-13(14)12-16-17/h6-9,12H,4-5,10-11H2,1-3H3/q+1. The van der Waals surface area contributed by atoms with Gasteiger partial charge in [0.1, 0.15) is 0 Å². The summed E-state index contributed by atoms with van der Waals surface area (Å²) < 4.78 is 2.55. The lowest BCUT2D eigenvalue weighted by molar-refractivity contribution is -0.906. The van der Waals surface area contributed by atoms with Crippen LogP contribution in [0.25, 0.3) is 10.8 Å². The van der Waals surface area contributed by atoms with Gasteiger partial charge in [-0.25, -0.2) is 4.68 Å². The number of likely N-dealkylation sites (N-methyl/N-ethyl adjacent to an activating group) is 1. The monoisotopic (exact) mass is 260 g/mol. The molecule has 0 aliphatic rings. The summed E-state index contributed by atoms with van der Waals surface area (Å²) >= 11 is 0. The Morgan fingerprint density at radius 1 is 1.21 bits per heavy atom. The molecule has 0 unspecified atom stereocenters. The summed E-state index contributed by atoms with van der Waals surface area (Å²) in [5.74, 6) is 0. The second kappa shape index (κ2) is 5.53. The molecule has 0 atom stereocenters. The van der Waals surface area contributed by atoms with Crippen LogP contribution in [0.2, 0.25) is 0 Å². The quantitative estimate of drug-likeness (QED) is 0.769. The summed E-state index contributed by atoms with van der Waals surface area (Å²) in [5, 5.41) is 5.93. The second-order valence-electron chi connectivity index (χ2n) is 5.24. The topological polar surface area (TPSA) is 34.9 Å². The van der Waals surface area contributed by atoms with E-state index in [1.54, 1.807) is 10.9 Å². The molecule has 1 aromatic carbocycles. The van der Waals surface area contributed by atoms with Crippen LogP contribution in [0.1, 0.15) is 13.8 Å². The number of benzene rings is 1. The lowest BCUT2D eigenvalue weighted by Gasteiger charge is -2.32. The van der Waals surface area contributed by atoms with E-state index < -0.39 is 0 Å². The molecular weight excluding hydrogens is 238 g/mol. The maximum absolute atomic E-state index is 12.3. The number of hydrogen-bond acceptors (Lipinski definition) is 2. The lowest BCUT2D eigenvalue weighted by atomic mass is 10.2. The van der Waals surface area contributed by atoms with E-state index in [1.165, 1.54) is 0 Å². The molecule has 1 heterocycles. The van der Waals surface area contributed by atoms with Crippen LogP contribution in [-0.2, 0) is 6.54 Å². The third kappa shape index (κ3) is 2.84. The molecule has 0 aliphatic heterocycles. The number of quaternary nitrogens is 1. The third-order valence-corrected chi connectivity index (χ3v) is 4.14. The number of nitrogens with zero attached hydrogens (tertiary/aromatic N) is 3. The maximum atomic E-state index is 12.3. The minimum Gasteiger partial charge on any atom is -0.325 e. The van der Waals surface area contributed by atoms with E-state index in [2.05, 4.69) is 26.0 Å². The Morgan fingerprint density at radius 2 is 1.89 bits per heavy atom. The molecule has 2 rings (SSSR count). The van der Waals surface area contributed by atoms with Crippen LogP contribution in [0.3, 0.4) is 0 Å². The minimum atomic E-state index is 0.0110. The molecule has 0 radical (unpaired) electrons. The van der Waals surface area contributed by atoms with E-state index in [0.29, 0.717) is 6.54 Å². The van der Waals surface area contributed by atoms with Crippen molar-refractivity contribution in [2.24, 2.45) is 0 Å². The molecule has 19 heavy (non-hydrogen) atoms. The van der Waals surface area contributed by atoms with Crippen molar-refractivity contribution in [1.82, 2.24) is 9.78 Å². The Morgan fingerprint density at radius 3 is 2.58 bits per heavy atom. The Kier molecular flexibility index (Phi) is 4.00. The second-order valence-corrected chi connectivity index (χ2v) is 5.24. The predicted octanol–water partition coefficient (Wildman–Crippen LogP) is 1.88. The van der Waals surface area contributed by atoms with E-state index in [-0.39, 0.29) is 5.56 Å². The molecule has 0 aliphatic carbocycles. The first-order chi connectivity index (χ1) is 9.09. The highest BCUT2D eigenvalue weighted by Gasteiger charge is 2.16. The van der Waals surface area contributed by atoms with Gasteiger partial charge in [0.25, 0.3) is 5.56 Å². The van der Waals surface area contributed by atoms with E-state index in [0.717, 1.165) is 34.9 Å². The fourth-order valence-corrected chi connectivity index (χ4v) is 2.16. The molecule has 0 saturated heterocycles. The highest BCUT2D eigenvalue weighted by molar-refractivity contribution is 5.80. The Balaban J connectivity index is 2.27. The zero-order chi connectivity index (χ0) is 13.9. The predicted molar refractivity (Wildman–Crippen MR) is 78.1 cm³/mol. The average Bonchev–Trinajstić information content (AvgIpc) is 2.46. The first kappa shape index (κ1) is 13.7. The summed E-state index contributed by atoms with van der Waals surface area (Å²) in [6.45, 7) is 8.10. The van der Waals surface area contributed by atoms with Gasteiger partial charge >= 0.3 is 0 Å². The van der Waals surface area contributed by atoms with Crippen molar-refractivity contribution in [2.75, 3.05) is 26.7 Å². The molecule has 4 heteroatoms. The Hall–Kier alpha value is -1.68. The van der Waals surface area contributed by atoms with Gasteiger partial charge in [0.2, 0.25) is 0 Å². The van der Waals surface area contributed by atoms with Crippen LogP contribution in [0.5, 0.6) is 0 Å². The van der Waals surface area contributed by atoms with Crippen LogP contribution in [0, 0.1) is 0 Å². The molecule has 0 amide bonds. The molecule has 0 saturated carbocycles. The van der Waals surface area contributed by atoms with E-state index in [4.69, 9.17) is 0 Å². The van der Waals surface area contributed by atoms with Gasteiger partial charge in [-0.1, -0.05) is 18.2 Å². The van der Waals surface area contributed by atoms with Gasteiger partial charge in [-0.2, -0.15) is 5.10 Å². The zero-order valence-corrected chi connectivity index (χ0v) is 12.0. The number of rotatable bonds is 5. The first-order valence-electron chi connectivity index (χ1n) is 6.88. The molecule has 0 spiro atoms. The molecule has 2 aromatic rings. The van der Waals surface area contributed by atoms with Crippen molar-refractivity contribution in [3.8, 4) is 0 Å². The SMILES string of the molecule is CC[N+](C)(CC)CCn1ncc2ccccc2c1=O. The van der Waals surface area contributed by atoms with Crippen LogP contribution >= 0.6 is 0 Å².